The normalized spacial score (nSPS) is 30.4. The molecular weight excluding hydrogens is 337 g/mol. The molecule has 134 valence electrons. The molecule has 1 aliphatic rings. The average Bonchev–Trinajstić information content (AvgIpc) is 2.75. The van der Waals surface area contributed by atoms with E-state index < -0.39 is 52.9 Å². The first-order chi connectivity index (χ1) is 11.0. The quantitative estimate of drug-likeness (QED) is 0.820. The molecule has 1 aromatic rings. The monoisotopic (exact) mass is 353 g/mol. The van der Waals surface area contributed by atoms with Gasteiger partial charge in [-0.1, -0.05) is 13.0 Å². The molecule has 4 unspecified atom stereocenters. The summed E-state index contributed by atoms with van der Waals surface area (Å²) >= 11 is 0. The van der Waals surface area contributed by atoms with Gasteiger partial charge >= 0.3 is 12.1 Å². The maximum Gasteiger partial charge on any atom is 0.406 e. The summed E-state index contributed by atoms with van der Waals surface area (Å²) in [6, 6.07) is 0.158. The Balaban J connectivity index is 2.64. The second kappa shape index (κ2) is 5.87. The van der Waals surface area contributed by atoms with Crippen LogP contribution in [-0.4, -0.2) is 35.9 Å². The van der Waals surface area contributed by atoms with Crippen molar-refractivity contribution in [3.63, 3.8) is 0 Å². The number of aliphatic carboxylic acids is 1. The number of alkyl halides is 3. The van der Waals surface area contributed by atoms with Crippen molar-refractivity contribution >= 4 is 5.97 Å². The Labute approximate surface area is 134 Å². The van der Waals surface area contributed by atoms with Crippen LogP contribution in [0.5, 0.6) is 5.75 Å². The maximum atomic E-state index is 13.9. The van der Waals surface area contributed by atoms with Crippen molar-refractivity contribution in [3.05, 3.63) is 29.3 Å². The van der Waals surface area contributed by atoms with Crippen molar-refractivity contribution in [3.8, 4) is 5.75 Å². The molecule has 0 amide bonds. The van der Waals surface area contributed by atoms with Gasteiger partial charge in [0, 0.05) is 11.5 Å². The van der Waals surface area contributed by atoms with Gasteiger partial charge in [0.15, 0.2) is 11.6 Å². The highest BCUT2D eigenvalue weighted by molar-refractivity contribution is 5.76. The summed E-state index contributed by atoms with van der Waals surface area (Å²) in [4.78, 5) is 11.5. The summed E-state index contributed by atoms with van der Waals surface area (Å²) < 4.78 is 72.3. The molecule has 4 nitrogen and oxygen atoms in total. The fourth-order valence-corrected chi connectivity index (χ4v) is 3.21. The highest BCUT2D eigenvalue weighted by atomic mass is 19.4. The third-order valence-electron chi connectivity index (χ3n) is 4.76. The molecule has 24 heavy (non-hydrogen) atoms. The third-order valence-corrected chi connectivity index (χ3v) is 4.76. The van der Waals surface area contributed by atoms with E-state index >= 15 is 0 Å². The van der Waals surface area contributed by atoms with E-state index in [1.165, 1.54) is 6.92 Å². The van der Waals surface area contributed by atoms with Gasteiger partial charge in [0.05, 0.1) is 7.11 Å². The minimum absolute atomic E-state index is 0.128. The molecule has 1 saturated heterocycles. The number of rotatable bonds is 3. The summed E-state index contributed by atoms with van der Waals surface area (Å²) in [7, 11) is 1.03. The summed E-state index contributed by atoms with van der Waals surface area (Å²) in [5.41, 5.74) is -2.63. The van der Waals surface area contributed by atoms with E-state index in [2.05, 4.69) is 5.32 Å². The van der Waals surface area contributed by atoms with Crippen LogP contribution in [0.25, 0.3) is 0 Å². The molecule has 2 rings (SSSR count). The molecule has 9 heteroatoms. The number of carboxylic acids is 1. The molecule has 1 aromatic carbocycles. The van der Waals surface area contributed by atoms with Crippen LogP contribution in [-0.2, 0) is 4.79 Å². The zero-order valence-electron chi connectivity index (χ0n) is 13.0. The second-order valence-electron chi connectivity index (χ2n) is 5.96. The van der Waals surface area contributed by atoms with Gasteiger partial charge in [-0.2, -0.15) is 17.6 Å². The molecule has 1 fully saturated rings. The topological polar surface area (TPSA) is 58.6 Å². The van der Waals surface area contributed by atoms with Gasteiger partial charge in [-0.15, -0.1) is 0 Å². The van der Waals surface area contributed by atoms with Crippen LogP contribution >= 0.6 is 0 Å². The van der Waals surface area contributed by atoms with Gasteiger partial charge in [-0.3, -0.25) is 10.1 Å². The lowest BCUT2D eigenvalue weighted by atomic mass is 9.77. The first-order valence-corrected chi connectivity index (χ1v) is 7.04. The standard InChI is InChI=1S/C15H16F5NO3/c1-6-9(7-4-5-8(16)10(17)12(7)24-3)11(13(22)23)21-14(6,2)15(18,19)20/h4-6,9,11,21H,1-3H3,(H,22,23). The SMILES string of the molecule is COc1c(C2C(C(=O)O)NC(C)(C(F)(F)F)C2C)ccc(F)c1F. The summed E-state index contributed by atoms with van der Waals surface area (Å²) in [6.07, 6.45) is -4.74. The largest absolute Gasteiger partial charge is 0.493 e. The van der Waals surface area contributed by atoms with E-state index in [0.29, 0.717) is 0 Å². The fraction of sp³-hybridized carbons (Fsp3) is 0.533. The van der Waals surface area contributed by atoms with Crippen LogP contribution in [0, 0.1) is 17.6 Å². The minimum Gasteiger partial charge on any atom is -0.493 e. The summed E-state index contributed by atoms with van der Waals surface area (Å²) in [5, 5.41) is 11.4. The van der Waals surface area contributed by atoms with E-state index in [1.54, 1.807) is 0 Å². The van der Waals surface area contributed by atoms with Crippen molar-refractivity contribution in [1.29, 1.82) is 0 Å². The van der Waals surface area contributed by atoms with Crippen molar-refractivity contribution in [2.45, 2.75) is 37.5 Å². The molecule has 0 spiro atoms. The second-order valence-corrected chi connectivity index (χ2v) is 5.96. The van der Waals surface area contributed by atoms with E-state index in [9.17, 15) is 31.9 Å². The van der Waals surface area contributed by atoms with Crippen LogP contribution in [0.15, 0.2) is 12.1 Å². The lowest BCUT2D eigenvalue weighted by Gasteiger charge is -2.33. The molecule has 0 radical (unpaired) electrons. The Morgan fingerprint density at radius 2 is 1.92 bits per heavy atom. The van der Waals surface area contributed by atoms with Gasteiger partial charge in [-0.25, -0.2) is 4.39 Å². The van der Waals surface area contributed by atoms with E-state index in [4.69, 9.17) is 4.74 Å². The Morgan fingerprint density at radius 1 is 1.33 bits per heavy atom. The van der Waals surface area contributed by atoms with Crippen molar-refractivity contribution in [2.75, 3.05) is 7.11 Å². The lowest BCUT2D eigenvalue weighted by Crippen LogP contribution is -2.56. The Bertz CT molecular complexity index is 663. The molecule has 0 aliphatic carbocycles. The molecule has 0 bridgehead atoms. The number of carbonyl (C=O) groups is 1. The minimum atomic E-state index is -4.74. The van der Waals surface area contributed by atoms with Gasteiger partial charge in [0.2, 0.25) is 5.82 Å². The number of hydrogen-bond acceptors (Lipinski definition) is 3. The van der Waals surface area contributed by atoms with Crippen molar-refractivity contribution in [1.82, 2.24) is 5.32 Å². The first kappa shape index (κ1) is 18.4. The van der Waals surface area contributed by atoms with Crippen molar-refractivity contribution < 1.29 is 36.6 Å². The predicted octanol–water partition coefficient (Wildman–Crippen LogP) is 3.07. The maximum absolute atomic E-state index is 13.9. The molecule has 1 heterocycles. The van der Waals surface area contributed by atoms with E-state index in [1.807, 2.05) is 0 Å². The van der Waals surface area contributed by atoms with Crippen LogP contribution < -0.4 is 10.1 Å². The number of ether oxygens (including phenoxy) is 1. The number of benzene rings is 1. The molecular formula is C15H16F5NO3. The fourth-order valence-electron chi connectivity index (χ4n) is 3.21. The molecule has 0 aromatic heterocycles. The van der Waals surface area contributed by atoms with E-state index in [0.717, 1.165) is 26.2 Å². The average molecular weight is 353 g/mol. The van der Waals surface area contributed by atoms with Crippen LogP contribution in [0.1, 0.15) is 25.3 Å². The number of methoxy groups -OCH3 is 1. The highest BCUT2D eigenvalue weighted by Gasteiger charge is 2.64. The molecule has 2 N–H and O–H groups in total. The van der Waals surface area contributed by atoms with Crippen LogP contribution in [0.3, 0.4) is 0 Å². The van der Waals surface area contributed by atoms with Crippen LogP contribution in [0.2, 0.25) is 0 Å². The van der Waals surface area contributed by atoms with Gasteiger partial charge in [0.25, 0.3) is 0 Å². The lowest BCUT2D eigenvalue weighted by molar-refractivity contribution is -0.198. The van der Waals surface area contributed by atoms with E-state index in [-0.39, 0.29) is 5.56 Å². The van der Waals surface area contributed by atoms with Gasteiger partial charge < -0.3 is 9.84 Å². The highest BCUT2D eigenvalue weighted by Crippen LogP contribution is 2.51. The van der Waals surface area contributed by atoms with Crippen LogP contribution in [0.4, 0.5) is 22.0 Å². The summed E-state index contributed by atoms with van der Waals surface area (Å²) in [5.74, 6) is -7.25. The third kappa shape index (κ3) is 2.60. The first-order valence-electron chi connectivity index (χ1n) is 7.04. The number of carboxylic acid groups (broad SMARTS) is 1. The number of nitrogens with one attached hydrogen (secondary N) is 1. The smallest absolute Gasteiger partial charge is 0.406 e. The zero-order chi connectivity index (χ0) is 18.4. The van der Waals surface area contributed by atoms with Crippen molar-refractivity contribution in [2.24, 2.45) is 5.92 Å². The molecule has 1 aliphatic heterocycles. The number of halogens is 5. The predicted molar refractivity (Wildman–Crippen MR) is 73.8 cm³/mol. The Kier molecular flexibility index (Phi) is 4.51. The van der Waals surface area contributed by atoms with Gasteiger partial charge in [-0.05, 0) is 18.9 Å². The Hall–Kier alpha value is -1.90. The molecule has 0 saturated carbocycles. The summed E-state index contributed by atoms with van der Waals surface area (Å²) in [6.45, 7) is 2.06. The van der Waals surface area contributed by atoms with Gasteiger partial charge in [0.1, 0.15) is 11.6 Å². The zero-order valence-corrected chi connectivity index (χ0v) is 13.0. The molecule has 4 atom stereocenters. The number of hydrogen-bond donors (Lipinski definition) is 2. The Morgan fingerprint density at radius 3 is 2.38 bits per heavy atom.